The van der Waals surface area contributed by atoms with Crippen LogP contribution in [-0.2, 0) is 19.6 Å². The number of carbonyl (C=O) groups excluding carboxylic acids is 2. The number of ether oxygens (including phenoxy) is 1. The minimum absolute atomic E-state index is 0.215. The minimum atomic E-state index is -3.74. The highest BCUT2D eigenvalue weighted by Crippen LogP contribution is 2.33. The molecule has 1 unspecified atom stereocenters. The molecular weight excluding hydrogens is 454 g/mol. The molecule has 0 saturated carbocycles. The van der Waals surface area contributed by atoms with Gasteiger partial charge in [-0.1, -0.05) is 6.42 Å². The Kier molecular flexibility index (Phi) is 8.14. The van der Waals surface area contributed by atoms with Gasteiger partial charge in [0.1, 0.15) is 10.9 Å². The van der Waals surface area contributed by atoms with Crippen LogP contribution in [0.5, 0.6) is 0 Å². The first-order valence-corrected chi connectivity index (χ1v) is 14.2. The van der Waals surface area contributed by atoms with Gasteiger partial charge in [0.05, 0.1) is 12.3 Å². The summed E-state index contributed by atoms with van der Waals surface area (Å²) in [5.41, 5.74) is 0.995. The maximum Gasteiger partial charge on any atom is 0.328 e. The van der Waals surface area contributed by atoms with Crippen molar-refractivity contribution in [2.45, 2.75) is 75.6 Å². The molecule has 0 radical (unpaired) electrons. The fourth-order valence-electron chi connectivity index (χ4n) is 5.32. The fraction of sp³-hybridized carbons (Fsp3) is 0.680. The average molecular weight is 492 g/mol. The third-order valence-corrected chi connectivity index (χ3v) is 9.09. The van der Waals surface area contributed by atoms with Crippen molar-refractivity contribution in [3.63, 3.8) is 0 Å². The first-order chi connectivity index (χ1) is 16.4. The lowest BCUT2D eigenvalue weighted by Crippen LogP contribution is -2.48. The molecule has 3 heterocycles. The van der Waals surface area contributed by atoms with Gasteiger partial charge in [0, 0.05) is 38.3 Å². The van der Waals surface area contributed by atoms with Crippen LogP contribution in [-0.4, -0.2) is 74.9 Å². The van der Waals surface area contributed by atoms with E-state index in [0.29, 0.717) is 37.3 Å². The number of hydrogen-bond acceptors (Lipinski definition) is 6. The van der Waals surface area contributed by atoms with Crippen molar-refractivity contribution in [3.05, 3.63) is 23.8 Å². The Morgan fingerprint density at radius 1 is 0.912 bits per heavy atom. The van der Waals surface area contributed by atoms with Gasteiger partial charge in [-0.3, -0.25) is 4.79 Å². The van der Waals surface area contributed by atoms with Crippen molar-refractivity contribution in [2.24, 2.45) is 0 Å². The largest absolute Gasteiger partial charge is 0.464 e. The quantitative estimate of drug-likeness (QED) is 0.567. The molecule has 0 spiro atoms. The minimum Gasteiger partial charge on any atom is -0.464 e. The third kappa shape index (κ3) is 5.25. The van der Waals surface area contributed by atoms with Crippen LogP contribution in [0.4, 0.5) is 5.69 Å². The molecule has 3 aliphatic heterocycles. The van der Waals surface area contributed by atoms with Gasteiger partial charge in [-0.05, 0) is 76.5 Å². The summed E-state index contributed by atoms with van der Waals surface area (Å²) >= 11 is 0. The first kappa shape index (κ1) is 25.0. The molecule has 0 aliphatic carbocycles. The normalized spacial score (nSPS) is 22.4. The van der Waals surface area contributed by atoms with E-state index >= 15 is 0 Å². The number of anilines is 1. The van der Waals surface area contributed by atoms with Crippen molar-refractivity contribution >= 4 is 27.6 Å². The van der Waals surface area contributed by atoms with Crippen LogP contribution >= 0.6 is 0 Å². The number of likely N-dealkylation sites (tertiary alicyclic amines) is 1. The van der Waals surface area contributed by atoms with Crippen molar-refractivity contribution in [1.29, 1.82) is 0 Å². The average Bonchev–Trinajstić information content (AvgIpc) is 2.89. The lowest BCUT2D eigenvalue weighted by Gasteiger charge is -2.35. The van der Waals surface area contributed by atoms with Crippen LogP contribution in [0.25, 0.3) is 0 Å². The number of nitrogens with zero attached hydrogens (tertiary/aromatic N) is 3. The molecule has 9 heteroatoms. The fourth-order valence-corrected chi connectivity index (χ4v) is 7.07. The van der Waals surface area contributed by atoms with Crippen molar-refractivity contribution in [3.8, 4) is 0 Å². The van der Waals surface area contributed by atoms with Crippen LogP contribution in [0.2, 0.25) is 0 Å². The number of benzene rings is 1. The predicted octanol–water partition coefficient (Wildman–Crippen LogP) is 3.41. The smallest absolute Gasteiger partial charge is 0.328 e. The molecule has 1 aromatic rings. The molecule has 34 heavy (non-hydrogen) atoms. The number of amides is 1. The summed E-state index contributed by atoms with van der Waals surface area (Å²) in [5, 5.41) is 0. The van der Waals surface area contributed by atoms with E-state index in [1.54, 1.807) is 34.3 Å². The molecule has 1 aromatic carbocycles. The van der Waals surface area contributed by atoms with Crippen LogP contribution in [0.3, 0.4) is 0 Å². The van der Waals surface area contributed by atoms with Crippen LogP contribution in [0.15, 0.2) is 23.1 Å². The summed E-state index contributed by atoms with van der Waals surface area (Å²) < 4.78 is 34.3. The standard InChI is InChI=1S/C25H37N3O5S/c1-2-33-25(30)22-11-5-10-18-28(22)24(29)20-12-13-21(26-14-6-3-7-15-26)23(19-20)34(31,32)27-16-8-4-9-17-27/h12-13,19,22H,2-11,14-18H2,1H3. The van der Waals surface area contributed by atoms with E-state index in [9.17, 15) is 18.0 Å². The molecule has 3 saturated heterocycles. The van der Waals surface area contributed by atoms with Gasteiger partial charge in [0.15, 0.2) is 0 Å². The molecular formula is C25H37N3O5S. The Hall–Kier alpha value is -2.13. The highest BCUT2D eigenvalue weighted by atomic mass is 32.2. The summed E-state index contributed by atoms with van der Waals surface area (Å²) in [6, 6.07) is 4.44. The van der Waals surface area contributed by atoms with Crippen molar-refractivity contribution in [2.75, 3.05) is 44.2 Å². The zero-order valence-corrected chi connectivity index (χ0v) is 21.0. The summed E-state index contributed by atoms with van der Waals surface area (Å²) in [6.45, 7) is 5.13. The Morgan fingerprint density at radius 2 is 1.56 bits per heavy atom. The molecule has 4 rings (SSSR count). The SMILES string of the molecule is CCOC(=O)C1CCCCN1C(=O)c1ccc(N2CCCCC2)c(S(=O)(=O)N2CCCCC2)c1. The molecule has 0 N–H and O–H groups in total. The highest BCUT2D eigenvalue weighted by molar-refractivity contribution is 7.89. The van der Waals surface area contributed by atoms with E-state index in [1.165, 1.54) is 0 Å². The summed E-state index contributed by atoms with van der Waals surface area (Å²) in [4.78, 5) is 30.0. The predicted molar refractivity (Wildman–Crippen MR) is 130 cm³/mol. The van der Waals surface area contributed by atoms with Crippen molar-refractivity contribution < 1.29 is 22.7 Å². The van der Waals surface area contributed by atoms with Gasteiger partial charge in [0.25, 0.3) is 5.91 Å². The number of piperidine rings is 3. The topological polar surface area (TPSA) is 87.2 Å². The maximum absolute atomic E-state index is 13.8. The highest BCUT2D eigenvalue weighted by Gasteiger charge is 2.36. The molecule has 0 bridgehead atoms. The number of carbonyl (C=O) groups is 2. The van der Waals surface area contributed by atoms with E-state index in [2.05, 4.69) is 4.90 Å². The third-order valence-electron chi connectivity index (χ3n) is 7.16. The molecule has 3 aliphatic rings. The van der Waals surface area contributed by atoms with E-state index in [4.69, 9.17) is 4.74 Å². The second kappa shape index (κ2) is 11.1. The van der Waals surface area contributed by atoms with E-state index in [-0.39, 0.29) is 23.4 Å². The second-order valence-electron chi connectivity index (χ2n) is 9.46. The van der Waals surface area contributed by atoms with Gasteiger partial charge in [0.2, 0.25) is 10.0 Å². The van der Waals surface area contributed by atoms with E-state index < -0.39 is 16.1 Å². The summed E-state index contributed by atoms with van der Waals surface area (Å²) in [6.07, 6.45) is 8.17. The van der Waals surface area contributed by atoms with Gasteiger partial charge in [-0.15, -0.1) is 0 Å². The van der Waals surface area contributed by atoms with E-state index in [0.717, 1.165) is 64.5 Å². The summed E-state index contributed by atoms with van der Waals surface area (Å²) in [7, 11) is -3.74. The summed E-state index contributed by atoms with van der Waals surface area (Å²) in [5.74, 6) is -0.695. The Bertz CT molecular complexity index is 984. The van der Waals surface area contributed by atoms with Crippen LogP contribution < -0.4 is 4.90 Å². The van der Waals surface area contributed by atoms with Gasteiger partial charge in [-0.2, -0.15) is 4.31 Å². The molecule has 8 nitrogen and oxygen atoms in total. The molecule has 1 amide bonds. The lowest BCUT2D eigenvalue weighted by atomic mass is 10.0. The Labute approximate surface area is 203 Å². The number of esters is 1. The number of hydrogen-bond donors (Lipinski definition) is 0. The second-order valence-corrected chi connectivity index (χ2v) is 11.4. The van der Waals surface area contributed by atoms with Gasteiger partial charge < -0.3 is 14.5 Å². The Morgan fingerprint density at radius 3 is 2.24 bits per heavy atom. The van der Waals surface area contributed by atoms with Gasteiger partial charge >= 0.3 is 5.97 Å². The molecule has 3 fully saturated rings. The lowest BCUT2D eigenvalue weighted by molar-refractivity contribution is -0.149. The van der Waals surface area contributed by atoms with Crippen LogP contribution in [0, 0.1) is 0 Å². The molecule has 1 atom stereocenters. The maximum atomic E-state index is 13.8. The Balaban J connectivity index is 1.70. The van der Waals surface area contributed by atoms with Crippen LogP contribution in [0.1, 0.15) is 75.1 Å². The monoisotopic (exact) mass is 491 g/mol. The molecule has 188 valence electrons. The molecule has 0 aromatic heterocycles. The zero-order chi connectivity index (χ0) is 24.1. The zero-order valence-electron chi connectivity index (χ0n) is 20.2. The number of sulfonamides is 1. The van der Waals surface area contributed by atoms with Crippen molar-refractivity contribution in [1.82, 2.24) is 9.21 Å². The van der Waals surface area contributed by atoms with E-state index in [1.807, 2.05) is 0 Å². The van der Waals surface area contributed by atoms with Gasteiger partial charge in [-0.25, -0.2) is 13.2 Å². The first-order valence-electron chi connectivity index (χ1n) is 12.8. The number of rotatable bonds is 6.